The van der Waals surface area contributed by atoms with E-state index in [4.69, 9.17) is 0 Å². The van der Waals surface area contributed by atoms with E-state index in [9.17, 15) is 18.4 Å². The predicted molar refractivity (Wildman–Crippen MR) is 117 cm³/mol. The molecule has 0 fully saturated rings. The highest BCUT2D eigenvalue weighted by Crippen LogP contribution is 2.14. The molecule has 2 heterocycles. The first kappa shape index (κ1) is 21.2. The third kappa shape index (κ3) is 4.09. The molecular weight excluding hydrogens is 416 g/mol. The SMILES string of the molecule is Cc1c(C(=O)NCC=Cc2ccc3cn[nH]c3c2)c(=O)n(Cc2ccc(F)c(F)c2)n1C. The molecule has 0 aliphatic carbocycles. The van der Waals surface area contributed by atoms with Crippen molar-refractivity contribution >= 4 is 22.9 Å². The maximum absolute atomic E-state index is 13.5. The van der Waals surface area contributed by atoms with Crippen LogP contribution in [-0.4, -0.2) is 32.0 Å². The van der Waals surface area contributed by atoms with Gasteiger partial charge in [-0.05, 0) is 36.2 Å². The summed E-state index contributed by atoms with van der Waals surface area (Å²) < 4.78 is 29.5. The van der Waals surface area contributed by atoms with Crippen molar-refractivity contribution in [3.63, 3.8) is 0 Å². The lowest BCUT2D eigenvalue weighted by molar-refractivity contribution is 0.0956. The van der Waals surface area contributed by atoms with Crippen LogP contribution in [0.25, 0.3) is 17.0 Å². The molecule has 0 bridgehead atoms. The lowest BCUT2D eigenvalue weighted by Crippen LogP contribution is -2.31. The molecule has 0 aliphatic rings. The number of halogens is 2. The summed E-state index contributed by atoms with van der Waals surface area (Å²) >= 11 is 0. The van der Waals surface area contributed by atoms with Crippen LogP contribution in [0.15, 0.2) is 53.5 Å². The number of amides is 1. The van der Waals surface area contributed by atoms with E-state index in [1.807, 2.05) is 24.3 Å². The summed E-state index contributed by atoms with van der Waals surface area (Å²) in [6, 6.07) is 9.27. The number of carbonyl (C=O) groups excluding carboxylic acids is 1. The Morgan fingerprint density at radius 1 is 1.19 bits per heavy atom. The Balaban J connectivity index is 1.46. The number of hydrogen-bond donors (Lipinski definition) is 2. The fourth-order valence-corrected chi connectivity index (χ4v) is 3.51. The Morgan fingerprint density at radius 2 is 2.00 bits per heavy atom. The van der Waals surface area contributed by atoms with Gasteiger partial charge >= 0.3 is 0 Å². The largest absolute Gasteiger partial charge is 0.348 e. The first-order valence-electron chi connectivity index (χ1n) is 9.93. The van der Waals surface area contributed by atoms with E-state index in [0.29, 0.717) is 11.3 Å². The molecule has 2 aromatic heterocycles. The van der Waals surface area contributed by atoms with Crippen molar-refractivity contribution in [2.45, 2.75) is 13.5 Å². The van der Waals surface area contributed by atoms with Crippen LogP contribution in [0.5, 0.6) is 0 Å². The Kier molecular flexibility index (Phi) is 5.72. The highest BCUT2D eigenvalue weighted by Gasteiger charge is 2.21. The molecule has 1 amide bonds. The second-order valence-electron chi connectivity index (χ2n) is 7.42. The van der Waals surface area contributed by atoms with Gasteiger partial charge in [0.05, 0.1) is 18.3 Å². The normalized spacial score (nSPS) is 11.5. The van der Waals surface area contributed by atoms with Gasteiger partial charge in [0.1, 0.15) is 5.56 Å². The molecule has 164 valence electrons. The van der Waals surface area contributed by atoms with Gasteiger partial charge in [0.25, 0.3) is 11.5 Å². The molecule has 32 heavy (non-hydrogen) atoms. The minimum atomic E-state index is -0.988. The van der Waals surface area contributed by atoms with Crippen LogP contribution in [0, 0.1) is 18.6 Å². The standard InChI is InChI=1S/C23H21F2N5O2/c1-14-21(23(32)30(29(14)2)13-16-6-8-18(24)19(25)10-16)22(31)26-9-3-4-15-5-7-17-12-27-28-20(17)11-15/h3-8,10-12H,9,13H2,1-2H3,(H,26,31)(H,27,28). The van der Waals surface area contributed by atoms with Gasteiger partial charge in [0.15, 0.2) is 11.6 Å². The minimum Gasteiger partial charge on any atom is -0.348 e. The Morgan fingerprint density at radius 3 is 2.78 bits per heavy atom. The molecule has 2 N–H and O–H groups in total. The summed E-state index contributed by atoms with van der Waals surface area (Å²) in [7, 11) is 1.64. The number of aromatic amines is 1. The molecule has 4 rings (SSSR count). The van der Waals surface area contributed by atoms with Gasteiger partial charge < -0.3 is 5.32 Å². The van der Waals surface area contributed by atoms with Crippen LogP contribution in [-0.2, 0) is 13.6 Å². The number of nitrogens with one attached hydrogen (secondary N) is 2. The average molecular weight is 437 g/mol. The maximum Gasteiger partial charge on any atom is 0.280 e. The molecule has 0 radical (unpaired) electrons. The Bertz CT molecular complexity index is 1400. The van der Waals surface area contributed by atoms with Crippen LogP contribution >= 0.6 is 0 Å². The van der Waals surface area contributed by atoms with E-state index in [2.05, 4.69) is 15.5 Å². The summed E-state index contributed by atoms with van der Waals surface area (Å²) in [5.74, 6) is -2.44. The molecule has 0 spiro atoms. The van der Waals surface area contributed by atoms with Crippen LogP contribution in [0.4, 0.5) is 8.78 Å². The number of fused-ring (bicyclic) bond motifs is 1. The molecule has 2 aromatic carbocycles. The number of hydrogen-bond acceptors (Lipinski definition) is 3. The molecule has 0 saturated carbocycles. The third-order valence-corrected chi connectivity index (χ3v) is 5.36. The summed E-state index contributed by atoms with van der Waals surface area (Å²) in [5.41, 5.74) is 2.27. The molecule has 0 aliphatic heterocycles. The lowest BCUT2D eigenvalue weighted by Gasteiger charge is -2.08. The van der Waals surface area contributed by atoms with Crippen molar-refractivity contribution in [3.05, 3.63) is 93.0 Å². The van der Waals surface area contributed by atoms with Crippen LogP contribution in [0.3, 0.4) is 0 Å². The van der Waals surface area contributed by atoms with E-state index >= 15 is 0 Å². The van der Waals surface area contributed by atoms with Gasteiger partial charge in [-0.25, -0.2) is 13.5 Å². The van der Waals surface area contributed by atoms with Gasteiger partial charge in [-0.3, -0.25) is 19.4 Å². The number of nitrogens with zero attached hydrogens (tertiary/aromatic N) is 3. The number of aromatic nitrogens is 4. The third-order valence-electron chi connectivity index (χ3n) is 5.36. The van der Waals surface area contributed by atoms with Crippen LogP contribution < -0.4 is 10.9 Å². The highest BCUT2D eigenvalue weighted by molar-refractivity contribution is 5.95. The van der Waals surface area contributed by atoms with Gasteiger partial charge in [-0.15, -0.1) is 0 Å². The molecule has 0 atom stereocenters. The van der Waals surface area contributed by atoms with E-state index in [1.54, 1.807) is 26.2 Å². The van der Waals surface area contributed by atoms with E-state index in [-0.39, 0.29) is 18.7 Å². The molecule has 9 heteroatoms. The van der Waals surface area contributed by atoms with Gasteiger partial charge in [0, 0.05) is 24.7 Å². The van der Waals surface area contributed by atoms with Gasteiger partial charge in [-0.2, -0.15) is 5.10 Å². The van der Waals surface area contributed by atoms with Crippen molar-refractivity contribution in [1.82, 2.24) is 24.9 Å². The number of H-pyrrole nitrogens is 1. The fraction of sp³-hybridized carbons (Fsp3) is 0.174. The Labute approximate surface area is 182 Å². The first-order valence-corrected chi connectivity index (χ1v) is 9.93. The number of benzene rings is 2. The van der Waals surface area contributed by atoms with Gasteiger partial charge in [0.2, 0.25) is 0 Å². The molecule has 4 aromatic rings. The molecular formula is C23H21F2N5O2. The van der Waals surface area contributed by atoms with Crippen molar-refractivity contribution < 1.29 is 13.6 Å². The summed E-state index contributed by atoms with van der Waals surface area (Å²) in [6.07, 6.45) is 5.39. The monoisotopic (exact) mass is 437 g/mol. The second kappa shape index (κ2) is 8.62. The zero-order valence-corrected chi connectivity index (χ0v) is 17.5. The lowest BCUT2D eigenvalue weighted by atomic mass is 10.1. The summed E-state index contributed by atoms with van der Waals surface area (Å²) in [4.78, 5) is 25.5. The van der Waals surface area contributed by atoms with Crippen molar-refractivity contribution in [1.29, 1.82) is 0 Å². The zero-order chi connectivity index (χ0) is 22.8. The molecule has 0 saturated heterocycles. The summed E-state index contributed by atoms with van der Waals surface area (Å²) in [5, 5.41) is 10.6. The average Bonchev–Trinajstić information content (AvgIpc) is 3.32. The van der Waals surface area contributed by atoms with Crippen LogP contribution in [0.2, 0.25) is 0 Å². The van der Waals surface area contributed by atoms with Crippen molar-refractivity contribution in [2.75, 3.05) is 6.54 Å². The minimum absolute atomic E-state index is 0.0106. The molecule has 7 nitrogen and oxygen atoms in total. The highest BCUT2D eigenvalue weighted by atomic mass is 19.2. The smallest absolute Gasteiger partial charge is 0.280 e. The van der Waals surface area contributed by atoms with Crippen molar-refractivity contribution in [2.24, 2.45) is 7.05 Å². The van der Waals surface area contributed by atoms with E-state index < -0.39 is 23.1 Å². The summed E-state index contributed by atoms with van der Waals surface area (Å²) in [6.45, 7) is 1.90. The first-order chi connectivity index (χ1) is 15.3. The topological polar surface area (TPSA) is 84.7 Å². The quantitative estimate of drug-likeness (QED) is 0.486. The van der Waals surface area contributed by atoms with Gasteiger partial charge in [-0.1, -0.05) is 30.4 Å². The fourth-order valence-electron chi connectivity index (χ4n) is 3.51. The second-order valence-corrected chi connectivity index (χ2v) is 7.42. The van der Waals surface area contributed by atoms with E-state index in [1.165, 1.54) is 15.4 Å². The Hall–Kier alpha value is -4.01. The zero-order valence-electron chi connectivity index (χ0n) is 17.5. The van der Waals surface area contributed by atoms with Crippen LogP contribution in [0.1, 0.15) is 27.2 Å². The number of carbonyl (C=O) groups is 1. The molecule has 0 unspecified atom stereocenters. The predicted octanol–water partition coefficient (Wildman–Crippen LogP) is 3.14. The number of rotatable bonds is 6. The van der Waals surface area contributed by atoms with Crippen molar-refractivity contribution in [3.8, 4) is 0 Å². The maximum atomic E-state index is 13.5. The van der Waals surface area contributed by atoms with E-state index in [0.717, 1.165) is 28.6 Å².